The van der Waals surface area contributed by atoms with Gasteiger partial charge in [0, 0.05) is 32.3 Å². The number of nitro benzene ring substituents is 1. The van der Waals surface area contributed by atoms with Crippen molar-refractivity contribution in [1.82, 2.24) is 10.2 Å². The molecule has 0 saturated carbocycles. The average molecular weight is 384 g/mol. The molecule has 2 aromatic carbocycles. The number of fused-ring (bicyclic) bond motifs is 1. The highest BCUT2D eigenvalue weighted by Gasteiger charge is 2.14. The van der Waals surface area contributed by atoms with E-state index in [2.05, 4.69) is 10.3 Å². The standard InChI is InChI=1S/C20H24N4O4/c1-3-21-20(22-13-15-5-4-6-17(11-15)24(25)26)23(2)14-16-7-8-18-19(12-16)28-10-9-27-18/h4-8,11-12H,3,9-10,13-14H2,1-2H3,(H,21,22). The van der Waals surface area contributed by atoms with Gasteiger partial charge in [-0.05, 0) is 30.2 Å². The van der Waals surface area contributed by atoms with Gasteiger partial charge in [0.25, 0.3) is 5.69 Å². The van der Waals surface area contributed by atoms with Crippen LogP contribution < -0.4 is 14.8 Å². The highest BCUT2D eigenvalue weighted by Crippen LogP contribution is 2.31. The minimum absolute atomic E-state index is 0.0716. The third kappa shape index (κ3) is 4.91. The summed E-state index contributed by atoms with van der Waals surface area (Å²) < 4.78 is 11.2. The predicted octanol–water partition coefficient (Wildman–Crippen LogP) is 2.96. The number of hydrogen-bond acceptors (Lipinski definition) is 5. The van der Waals surface area contributed by atoms with Crippen LogP contribution >= 0.6 is 0 Å². The zero-order valence-electron chi connectivity index (χ0n) is 16.1. The molecular formula is C20H24N4O4. The Kier molecular flexibility index (Phi) is 6.31. The van der Waals surface area contributed by atoms with Gasteiger partial charge in [0.2, 0.25) is 0 Å². The van der Waals surface area contributed by atoms with Gasteiger partial charge in [-0.3, -0.25) is 10.1 Å². The number of nitro groups is 1. The lowest BCUT2D eigenvalue weighted by Gasteiger charge is -2.24. The number of ether oxygens (including phenoxy) is 2. The van der Waals surface area contributed by atoms with Crippen LogP contribution in [-0.2, 0) is 13.1 Å². The number of hydrogen-bond donors (Lipinski definition) is 1. The van der Waals surface area contributed by atoms with Crippen molar-refractivity contribution in [2.45, 2.75) is 20.0 Å². The van der Waals surface area contributed by atoms with Crippen LogP contribution in [0.15, 0.2) is 47.5 Å². The molecule has 0 aromatic heterocycles. The molecule has 8 nitrogen and oxygen atoms in total. The third-order valence-electron chi connectivity index (χ3n) is 4.26. The maximum Gasteiger partial charge on any atom is 0.269 e. The predicted molar refractivity (Wildman–Crippen MR) is 107 cm³/mol. The van der Waals surface area contributed by atoms with E-state index in [1.165, 1.54) is 6.07 Å². The van der Waals surface area contributed by atoms with E-state index in [0.29, 0.717) is 26.3 Å². The SMILES string of the molecule is CCNC(=NCc1cccc([N+](=O)[O-])c1)N(C)Cc1ccc2c(c1)OCCO2. The molecule has 0 spiro atoms. The summed E-state index contributed by atoms with van der Waals surface area (Å²) in [7, 11) is 1.95. The molecule has 1 N–H and O–H groups in total. The van der Waals surface area contributed by atoms with Crippen molar-refractivity contribution in [2.75, 3.05) is 26.8 Å². The van der Waals surface area contributed by atoms with Crippen molar-refractivity contribution in [3.63, 3.8) is 0 Å². The largest absolute Gasteiger partial charge is 0.486 e. The summed E-state index contributed by atoms with van der Waals surface area (Å²) in [6.45, 7) is 4.84. The average Bonchev–Trinajstić information content (AvgIpc) is 2.71. The number of nitrogens with zero attached hydrogens (tertiary/aromatic N) is 3. The first-order valence-corrected chi connectivity index (χ1v) is 9.18. The number of rotatable bonds is 6. The Balaban J connectivity index is 1.71. The zero-order valence-corrected chi connectivity index (χ0v) is 16.1. The molecule has 8 heteroatoms. The molecule has 0 atom stereocenters. The van der Waals surface area contributed by atoms with Gasteiger partial charge in [-0.1, -0.05) is 18.2 Å². The van der Waals surface area contributed by atoms with Gasteiger partial charge in [0.15, 0.2) is 17.5 Å². The number of benzene rings is 2. The molecule has 0 amide bonds. The lowest BCUT2D eigenvalue weighted by atomic mass is 10.2. The van der Waals surface area contributed by atoms with Crippen molar-refractivity contribution in [3.8, 4) is 11.5 Å². The van der Waals surface area contributed by atoms with Gasteiger partial charge >= 0.3 is 0 Å². The molecule has 0 unspecified atom stereocenters. The van der Waals surface area contributed by atoms with Crippen LogP contribution in [0.25, 0.3) is 0 Å². The Labute approximate surface area is 163 Å². The van der Waals surface area contributed by atoms with Gasteiger partial charge in [-0.15, -0.1) is 0 Å². The highest BCUT2D eigenvalue weighted by molar-refractivity contribution is 5.79. The first-order chi connectivity index (χ1) is 13.6. The fourth-order valence-electron chi connectivity index (χ4n) is 2.94. The van der Waals surface area contributed by atoms with Crippen molar-refractivity contribution in [2.24, 2.45) is 4.99 Å². The van der Waals surface area contributed by atoms with E-state index >= 15 is 0 Å². The zero-order chi connectivity index (χ0) is 19.9. The summed E-state index contributed by atoms with van der Waals surface area (Å²) in [6.07, 6.45) is 0. The fourth-order valence-corrected chi connectivity index (χ4v) is 2.94. The quantitative estimate of drug-likeness (QED) is 0.356. The topological polar surface area (TPSA) is 89.2 Å². The third-order valence-corrected chi connectivity index (χ3v) is 4.26. The van der Waals surface area contributed by atoms with Crippen molar-refractivity contribution in [1.29, 1.82) is 0 Å². The van der Waals surface area contributed by atoms with Gasteiger partial charge in [0.1, 0.15) is 13.2 Å². The van der Waals surface area contributed by atoms with Gasteiger partial charge in [-0.25, -0.2) is 4.99 Å². The van der Waals surface area contributed by atoms with Crippen molar-refractivity contribution >= 4 is 11.6 Å². The molecule has 2 aromatic rings. The Morgan fingerprint density at radius 1 is 1.18 bits per heavy atom. The van der Waals surface area contributed by atoms with Crippen LogP contribution in [0, 0.1) is 10.1 Å². The Morgan fingerprint density at radius 3 is 2.71 bits per heavy atom. The van der Waals surface area contributed by atoms with Crippen LogP contribution in [0.5, 0.6) is 11.5 Å². The Bertz CT molecular complexity index is 869. The van der Waals surface area contributed by atoms with E-state index in [0.717, 1.165) is 35.1 Å². The summed E-state index contributed by atoms with van der Waals surface area (Å²) in [4.78, 5) is 17.2. The molecule has 3 rings (SSSR count). The van der Waals surface area contributed by atoms with Crippen molar-refractivity contribution < 1.29 is 14.4 Å². The molecule has 1 aliphatic rings. The highest BCUT2D eigenvalue weighted by atomic mass is 16.6. The number of aliphatic imine (C=N–C) groups is 1. The summed E-state index contributed by atoms with van der Waals surface area (Å²) in [5, 5.41) is 14.2. The van der Waals surface area contributed by atoms with Crippen LogP contribution in [0.3, 0.4) is 0 Å². The minimum atomic E-state index is -0.396. The molecule has 0 aliphatic carbocycles. The maximum absolute atomic E-state index is 10.9. The molecule has 1 aliphatic heterocycles. The van der Waals surface area contributed by atoms with E-state index < -0.39 is 4.92 Å². The minimum Gasteiger partial charge on any atom is -0.486 e. The Morgan fingerprint density at radius 2 is 1.96 bits per heavy atom. The molecule has 28 heavy (non-hydrogen) atoms. The normalized spacial score (nSPS) is 13.1. The fraction of sp³-hybridized carbons (Fsp3) is 0.350. The maximum atomic E-state index is 10.9. The summed E-state index contributed by atoms with van der Waals surface area (Å²) in [5.74, 6) is 2.25. The monoisotopic (exact) mass is 384 g/mol. The summed E-state index contributed by atoms with van der Waals surface area (Å²) >= 11 is 0. The van der Waals surface area contributed by atoms with Crippen LogP contribution in [-0.4, -0.2) is 42.6 Å². The molecule has 1 heterocycles. The number of non-ortho nitro benzene ring substituents is 1. The summed E-state index contributed by atoms with van der Waals surface area (Å²) in [5.41, 5.74) is 1.94. The first kappa shape index (κ1) is 19.5. The van der Waals surface area contributed by atoms with E-state index in [4.69, 9.17) is 9.47 Å². The molecule has 0 saturated heterocycles. The second-order valence-corrected chi connectivity index (χ2v) is 6.43. The van der Waals surface area contributed by atoms with E-state index in [9.17, 15) is 10.1 Å². The molecule has 0 bridgehead atoms. The van der Waals surface area contributed by atoms with E-state index in [1.54, 1.807) is 12.1 Å². The lowest BCUT2D eigenvalue weighted by molar-refractivity contribution is -0.384. The molecule has 0 fully saturated rings. The smallest absolute Gasteiger partial charge is 0.269 e. The lowest BCUT2D eigenvalue weighted by Crippen LogP contribution is -2.38. The molecular weight excluding hydrogens is 360 g/mol. The van der Waals surface area contributed by atoms with E-state index in [1.807, 2.05) is 43.1 Å². The van der Waals surface area contributed by atoms with Crippen LogP contribution in [0.4, 0.5) is 5.69 Å². The van der Waals surface area contributed by atoms with Crippen LogP contribution in [0.2, 0.25) is 0 Å². The van der Waals surface area contributed by atoms with Gasteiger partial charge in [-0.2, -0.15) is 0 Å². The van der Waals surface area contributed by atoms with Crippen molar-refractivity contribution in [3.05, 3.63) is 63.7 Å². The van der Waals surface area contributed by atoms with E-state index in [-0.39, 0.29) is 5.69 Å². The van der Waals surface area contributed by atoms with Gasteiger partial charge in [0.05, 0.1) is 11.5 Å². The van der Waals surface area contributed by atoms with Gasteiger partial charge < -0.3 is 19.7 Å². The first-order valence-electron chi connectivity index (χ1n) is 9.18. The number of guanidine groups is 1. The Hall–Kier alpha value is -3.29. The second-order valence-electron chi connectivity index (χ2n) is 6.43. The van der Waals surface area contributed by atoms with Crippen LogP contribution in [0.1, 0.15) is 18.1 Å². The molecule has 148 valence electrons. The second kappa shape index (κ2) is 9.07. The molecule has 0 radical (unpaired) electrons. The summed E-state index contributed by atoms with van der Waals surface area (Å²) in [6, 6.07) is 12.4. The number of nitrogens with one attached hydrogen (secondary N) is 1.